The van der Waals surface area contributed by atoms with Crippen LogP contribution < -0.4 is 5.32 Å². The molecule has 0 radical (unpaired) electrons. The van der Waals surface area contributed by atoms with Gasteiger partial charge in [0.25, 0.3) is 5.91 Å². The number of rotatable bonds is 7. The van der Waals surface area contributed by atoms with Crippen molar-refractivity contribution in [2.75, 3.05) is 32.2 Å². The number of anilines is 1. The Morgan fingerprint density at radius 2 is 1.41 bits per heavy atom. The summed E-state index contributed by atoms with van der Waals surface area (Å²) in [7, 11) is 1.29. The number of hydrogen-bond acceptors (Lipinski definition) is 6. The third-order valence-corrected chi connectivity index (χ3v) is 7.18. The number of aliphatic hydroxyl groups excluding tert-OH is 3. The molecule has 0 aliphatic carbocycles. The van der Waals surface area contributed by atoms with E-state index in [9.17, 15) is 34.8 Å². The lowest BCUT2D eigenvalue weighted by molar-refractivity contribution is -0.114. The number of nitrogens with zero attached hydrogens (tertiary/aromatic N) is 1. The van der Waals surface area contributed by atoms with Crippen molar-refractivity contribution >= 4 is 91.2 Å². The molecule has 2 amide bonds. The fourth-order valence-corrected chi connectivity index (χ4v) is 6.54. The SMILES string of the molecule is CC(=O)Nc1c(I)c(C(=O)O)c(I)c(C(=O)N(C)C(CO)(CO)CO)c1I. The highest BCUT2D eigenvalue weighted by Gasteiger charge is 2.39. The predicted molar refractivity (Wildman–Crippen MR) is 122 cm³/mol. The molecule has 0 fully saturated rings. The molecule has 0 unspecified atom stereocenters. The molecular formula is C15H17I3N2O7. The standard InChI is InChI=1S/C15H17I3N2O7/c1-6(24)19-12-10(17)7(9(16)8(11(12)18)14(26)27)13(25)20(2)15(3-21,4-22)5-23/h21-23H,3-5H2,1-2H3,(H,19,24)(H,26,27). The van der Waals surface area contributed by atoms with Gasteiger partial charge in [-0.05, 0) is 67.8 Å². The summed E-state index contributed by atoms with van der Waals surface area (Å²) in [4.78, 5) is 37.4. The van der Waals surface area contributed by atoms with Crippen molar-refractivity contribution in [3.63, 3.8) is 0 Å². The lowest BCUT2D eigenvalue weighted by atomic mass is 9.99. The Bertz CT molecular complexity index is 773. The maximum absolute atomic E-state index is 13.1. The van der Waals surface area contributed by atoms with E-state index in [1.807, 2.05) is 22.6 Å². The summed E-state index contributed by atoms with van der Waals surface area (Å²) in [5.74, 6) is -2.43. The van der Waals surface area contributed by atoms with Gasteiger partial charge < -0.3 is 30.6 Å². The number of amides is 2. The number of halogens is 3. The molecule has 12 heteroatoms. The maximum Gasteiger partial charge on any atom is 0.337 e. The van der Waals surface area contributed by atoms with Crippen molar-refractivity contribution in [1.82, 2.24) is 4.90 Å². The zero-order valence-corrected chi connectivity index (χ0v) is 20.7. The molecule has 0 saturated heterocycles. The van der Waals surface area contributed by atoms with E-state index in [0.717, 1.165) is 4.90 Å². The van der Waals surface area contributed by atoms with Crippen LogP contribution in [0.4, 0.5) is 5.69 Å². The van der Waals surface area contributed by atoms with Crippen molar-refractivity contribution in [3.8, 4) is 0 Å². The molecule has 1 aromatic rings. The summed E-state index contributed by atoms with van der Waals surface area (Å²) >= 11 is 5.35. The summed E-state index contributed by atoms with van der Waals surface area (Å²) in [5.41, 5.74) is -1.62. The Hall–Kier alpha value is -0.300. The molecule has 1 aromatic carbocycles. The summed E-state index contributed by atoms with van der Waals surface area (Å²) in [6.45, 7) is -0.856. The number of carboxylic acid groups (broad SMARTS) is 1. The van der Waals surface area contributed by atoms with Crippen LogP contribution in [0.3, 0.4) is 0 Å². The number of aromatic carboxylic acids is 1. The van der Waals surface area contributed by atoms with Crippen molar-refractivity contribution in [1.29, 1.82) is 0 Å². The van der Waals surface area contributed by atoms with Crippen molar-refractivity contribution < 1.29 is 34.8 Å². The van der Waals surface area contributed by atoms with Gasteiger partial charge in [-0.25, -0.2) is 4.79 Å². The number of benzene rings is 1. The van der Waals surface area contributed by atoms with Crippen molar-refractivity contribution in [2.45, 2.75) is 12.5 Å². The molecule has 0 atom stereocenters. The Morgan fingerprint density at radius 3 is 1.78 bits per heavy atom. The van der Waals surface area contributed by atoms with E-state index in [-0.39, 0.29) is 24.0 Å². The second-order valence-corrected chi connectivity index (χ2v) is 8.85. The van der Waals surface area contributed by atoms with Gasteiger partial charge in [0.15, 0.2) is 0 Å². The molecule has 0 spiro atoms. The van der Waals surface area contributed by atoms with Crippen molar-refractivity contribution in [2.24, 2.45) is 0 Å². The van der Waals surface area contributed by atoms with Crippen LogP contribution >= 0.6 is 67.8 Å². The van der Waals surface area contributed by atoms with Crippen LogP contribution in [-0.4, -0.2) is 75.5 Å². The lowest BCUT2D eigenvalue weighted by Gasteiger charge is -2.38. The average molecular weight is 718 g/mol. The minimum atomic E-state index is -1.64. The second-order valence-electron chi connectivity index (χ2n) is 5.62. The fourth-order valence-electron chi connectivity index (χ4n) is 2.18. The lowest BCUT2D eigenvalue weighted by Crippen LogP contribution is -2.58. The van der Waals surface area contributed by atoms with E-state index < -0.39 is 43.1 Å². The number of aliphatic hydroxyl groups is 3. The van der Waals surface area contributed by atoms with Gasteiger partial charge in [-0.15, -0.1) is 0 Å². The quantitative estimate of drug-likeness (QED) is 0.264. The van der Waals surface area contributed by atoms with Gasteiger partial charge in [-0.1, -0.05) is 0 Å². The highest BCUT2D eigenvalue weighted by atomic mass is 127. The van der Waals surface area contributed by atoms with Crippen LogP contribution in [-0.2, 0) is 4.79 Å². The predicted octanol–water partition coefficient (Wildman–Crippen LogP) is 0.945. The van der Waals surface area contributed by atoms with Gasteiger partial charge in [0.1, 0.15) is 5.54 Å². The Labute approximate surface area is 195 Å². The van der Waals surface area contributed by atoms with E-state index in [1.54, 1.807) is 45.2 Å². The van der Waals surface area contributed by atoms with E-state index in [2.05, 4.69) is 5.32 Å². The van der Waals surface area contributed by atoms with Crippen LogP contribution in [0.2, 0.25) is 0 Å². The smallest absolute Gasteiger partial charge is 0.337 e. The summed E-state index contributed by atoms with van der Waals surface area (Å²) in [5, 5.41) is 40.8. The number of nitrogens with one attached hydrogen (secondary N) is 1. The number of carbonyl (C=O) groups is 3. The molecule has 27 heavy (non-hydrogen) atoms. The van der Waals surface area contributed by atoms with Crippen LogP contribution in [0.15, 0.2) is 0 Å². The number of hydrogen-bond donors (Lipinski definition) is 5. The summed E-state index contributed by atoms with van der Waals surface area (Å²) in [6.07, 6.45) is 0. The molecule has 0 aliphatic heterocycles. The summed E-state index contributed by atoms with van der Waals surface area (Å²) in [6, 6.07) is 0. The molecule has 0 aromatic heterocycles. The molecule has 0 bridgehead atoms. The molecule has 0 aliphatic rings. The Balaban J connectivity index is 3.77. The fraction of sp³-hybridized carbons (Fsp3) is 0.400. The first-order chi connectivity index (χ1) is 12.5. The van der Waals surface area contributed by atoms with E-state index in [1.165, 1.54) is 14.0 Å². The summed E-state index contributed by atoms with van der Waals surface area (Å²) < 4.78 is 0.713. The third-order valence-electron chi connectivity index (χ3n) is 3.94. The number of carbonyl (C=O) groups excluding carboxylic acids is 2. The topological polar surface area (TPSA) is 147 Å². The van der Waals surface area contributed by atoms with Gasteiger partial charge in [0, 0.05) is 17.5 Å². The average Bonchev–Trinajstić information content (AvgIpc) is 2.59. The molecule has 150 valence electrons. The first kappa shape index (κ1) is 24.7. The van der Waals surface area contributed by atoms with Crippen LogP contribution in [0, 0.1) is 10.7 Å². The first-order valence-corrected chi connectivity index (χ1v) is 10.5. The number of carboxylic acids is 1. The monoisotopic (exact) mass is 718 g/mol. The van der Waals surface area contributed by atoms with Gasteiger partial charge in [0.05, 0.1) is 43.8 Å². The molecule has 0 saturated carbocycles. The Kier molecular flexibility index (Phi) is 9.11. The first-order valence-electron chi connectivity index (χ1n) is 7.31. The van der Waals surface area contributed by atoms with Crippen molar-refractivity contribution in [3.05, 3.63) is 21.8 Å². The molecular weight excluding hydrogens is 701 g/mol. The van der Waals surface area contributed by atoms with Crippen LogP contribution in [0.25, 0.3) is 0 Å². The molecule has 9 nitrogen and oxygen atoms in total. The van der Waals surface area contributed by atoms with Crippen LogP contribution in [0.5, 0.6) is 0 Å². The molecule has 5 N–H and O–H groups in total. The minimum Gasteiger partial charge on any atom is -0.478 e. The van der Waals surface area contributed by atoms with Gasteiger partial charge in [-0.3, -0.25) is 9.59 Å². The number of likely N-dealkylation sites (N-methyl/N-ethyl adjacent to an activating group) is 1. The zero-order chi connectivity index (χ0) is 21.1. The highest BCUT2D eigenvalue weighted by molar-refractivity contribution is 14.1. The maximum atomic E-state index is 13.1. The van der Waals surface area contributed by atoms with Gasteiger partial charge in [-0.2, -0.15) is 0 Å². The second kappa shape index (κ2) is 9.95. The van der Waals surface area contributed by atoms with Gasteiger partial charge >= 0.3 is 5.97 Å². The van der Waals surface area contributed by atoms with Crippen LogP contribution in [0.1, 0.15) is 27.6 Å². The third kappa shape index (κ3) is 4.82. The molecule has 0 heterocycles. The zero-order valence-electron chi connectivity index (χ0n) is 14.2. The van der Waals surface area contributed by atoms with E-state index >= 15 is 0 Å². The van der Waals surface area contributed by atoms with E-state index in [4.69, 9.17) is 0 Å². The van der Waals surface area contributed by atoms with E-state index in [0.29, 0.717) is 3.57 Å². The van der Waals surface area contributed by atoms with Gasteiger partial charge in [0.2, 0.25) is 5.91 Å². The molecule has 1 rings (SSSR count). The minimum absolute atomic E-state index is 0.0139. The Morgan fingerprint density at radius 1 is 0.963 bits per heavy atom. The highest BCUT2D eigenvalue weighted by Crippen LogP contribution is 2.37. The largest absolute Gasteiger partial charge is 0.478 e. The normalized spacial score (nSPS) is 11.3.